The Balaban J connectivity index is 2.09. The molecule has 136 valence electrons. The van der Waals surface area contributed by atoms with Crippen LogP contribution < -0.4 is 0 Å². The van der Waals surface area contributed by atoms with Crippen molar-refractivity contribution in [3.8, 4) is 28.7 Å². The van der Waals surface area contributed by atoms with Gasteiger partial charge in [-0.3, -0.25) is 9.59 Å². The number of hydrogen-bond acceptors (Lipinski definition) is 7. The number of phenols is 5. The first-order valence-corrected chi connectivity index (χ1v) is 7.75. The van der Waals surface area contributed by atoms with Crippen molar-refractivity contribution in [2.45, 2.75) is 0 Å². The maximum atomic E-state index is 12.6. The smallest absolute Gasteiger partial charge is 0.200 e. The van der Waals surface area contributed by atoms with E-state index in [0.717, 1.165) is 24.3 Å². The second-order valence-electron chi connectivity index (χ2n) is 5.77. The number of ketones is 2. The van der Waals surface area contributed by atoms with Gasteiger partial charge in [-0.25, -0.2) is 0 Å². The number of rotatable bonds is 4. The number of carbonyl (C=O) groups excluding carboxylic acids is 2. The lowest BCUT2D eigenvalue weighted by Gasteiger charge is -2.10. The van der Waals surface area contributed by atoms with Gasteiger partial charge in [-0.05, 0) is 18.2 Å². The number of carbonyl (C=O) groups is 2. The molecule has 0 spiro atoms. The van der Waals surface area contributed by atoms with Gasteiger partial charge in [-0.15, -0.1) is 0 Å². The topological polar surface area (TPSA) is 135 Å². The van der Waals surface area contributed by atoms with Gasteiger partial charge in [0.25, 0.3) is 0 Å². The van der Waals surface area contributed by atoms with Crippen LogP contribution in [0.2, 0.25) is 0 Å². The second-order valence-corrected chi connectivity index (χ2v) is 5.77. The van der Waals surface area contributed by atoms with Gasteiger partial charge in [-0.2, -0.15) is 0 Å². The van der Waals surface area contributed by atoms with Crippen molar-refractivity contribution >= 4 is 11.6 Å². The zero-order valence-corrected chi connectivity index (χ0v) is 13.7. The van der Waals surface area contributed by atoms with Crippen LogP contribution in [0.1, 0.15) is 31.8 Å². The van der Waals surface area contributed by atoms with Crippen molar-refractivity contribution < 1.29 is 35.1 Å². The van der Waals surface area contributed by atoms with E-state index in [2.05, 4.69) is 0 Å². The molecule has 0 heterocycles. The van der Waals surface area contributed by atoms with Gasteiger partial charge in [0.05, 0.1) is 11.1 Å². The highest BCUT2D eigenvalue weighted by Crippen LogP contribution is 2.37. The molecular weight excluding hydrogens is 352 g/mol. The van der Waals surface area contributed by atoms with Crippen molar-refractivity contribution in [3.63, 3.8) is 0 Å². The summed E-state index contributed by atoms with van der Waals surface area (Å²) in [5.74, 6) is -4.72. The zero-order valence-electron chi connectivity index (χ0n) is 13.7. The largest absolute Gasteiger partial charge is 0.507 e. The van der Waals surface area contributed by atoms with Crippen LogP contribution in [0.15, 0.2) is 54.6 Å². The molecule has 0 saturated heterocycles. The summed E-state index contributed by atoms with van der Waals surface area (Å²) in [7, 11) is 0. The van der Waals surface area contributed by atoms with Crippen LogP contribution in [-0.4, -0.2) is 37.1 Å². The van der Waals surface area contributed by atoms with E-state index < -0.39 is 40.3 Å². The van der Waals surface area contributed by atoms with E-state index in [0.29, 0.717) is 0 Å². The van der Waals surface area contributed by atoms with E-state index in [1.165, 1.54) is 12.1 Å². The van der Waals surface area contributed by atoms with Gasteiger partial charge >= 0.3 is 0 Å². The maximum Gasteiger partial charge on any atom is 0.200 e. The Labute approximate surface area is 153 Å². The first kappa shape index (κ1) is 17.8. The van der Waals surface area contributed by atoms with Crippen molar-refractivity contribution in [3.05, 3.63) is 76.9 Å². The molecule has 0 atom stereocenters. The van der Waals surface area contributed by atoms with Crippen LogP contribution in [0.3, 0.4) is 0 Å². The van der Waals surface area contributed by atoms with Gasteiger partial charge in [0.1, 0.15) is 11.5 Å². The standard InChI is InChI=1S/C20H14O7/c21-14-9-15(22)13(8-12(14)18(25)10-4-2-1-3-5-10)19(26)11-6-16(23)20(27)17(24)7-11/h1-9,21-24,27H. The molecule has 0 bridgehead atoms. The van der Waals surface area contributed by atoms with E-state index in [1.807, 2.05) is 0 Å². The highest BCUT2D eigenvalue weighted by molar-refractivity contribution is 6.15. The molecule has 0 amide bonds. The normalized spacial score (nSPS) is 10.5. The molecule has 5 N–H and O–H groups in total. The summed E-state index contributed by atoms with van der Waals surface area (Å²) in [6, 6.07) is 11.8. The van der Waals surface area contributed by atoms with Crippen LogP contribution in [0.5, 0.6) is 28.7 Å². The Morgan fingerprint density at radius 3 is 1.56 bits per heavy atom. The van der Waals surface area contributed by atoms with Crippen LogP contribution in [0.4, 0.5) is 0 Å². The SMILES string of the molecule is O=C(c1ccccc1)c1cc(C(=O)c2cc(O)c(O)c(O)c2)c(O)cc1O. The summed E-state index contributed by atoms with van der Waals surface area (Å²) in [5, 5.41) is 48.6. The van der Waals surface area contributed by atoms with Gasteiger partial charge < -0.3 is 25.5 Å². The highest BCUT2D eigenvalue weighted by atomic mass is 16.3. The Hall–Kier alpha value is -4.00. The summed E-state index contributed by atoms with van der Waals surface area (Å²) in [4.78, 5) is 25.2. The van der Waals surface area contributed by atoms with E-state index in [-0.39, 0.29) is 22.3 Å². The summed E-state index contributed by atoms with van der Waals surface area (Å²) in [6.45, 7) is 0. The summed E-state index contributed by atoms with van der Waals surface area (Å²) >= 11 is 0. The first-order chi connectivity index (χ1) is 12.8. The number of hydrogen-bond donors (Lipinski definition) is 5. The quantitative estimate of drug-likeness (QED) is 0.354. The van der Waals surface area contributed by atoms with Crippen LogP contribution in [-0.2, 0) is 0 Å². The minimum Gasteiger partial charge on any atom is -0.507 e. The summed E-state index contributed by atoms with van der Waals surface area (Å²) in [5.41, 5.74) is -0.482. The van der Waals surface area contributed by atoms with Gasteiger partial charge in [0.15, 0.2) is 28.8 Å². The Bertz CT molecular complexity index is 1030. The summed E-state index contributed by atoms with van der Waals surface area (Å²) < 4.78 is 0. The molecule has 7 heteroatoms. The van der Waals surface area contributed by atoms with E-state index in [1.54, 1.807) is 18.2 Å². The average molecular weight is 366 g/mol. The molecule has 7 nitrogen and oxygen atoms in total. The Morgan fingerprint density at radius 2 is 1.04 bits per heavy atom. The molecule has 0 aromatic heterocycles. The molecule has 27 heavy (non-hydrogen) atoms. The Morgan fingerprint density at radius 1 is 0.556 bits per heavy atom. The lowest BCUT2D eigenvalue weighted by Crippen LogP contribution is -2.07. The number of phenolic OH excluding ortho intramolecular Hbond substituents is 5. The predicted octanol–water partition coefficient (Wildman–Crippen LogP) is 2.68. The third kappa shape index (κ3) is 3.25. The predicted molar refractivity (Wildman–Crippen MR) is 94.5 cm³/mol. The van der Waals surface area contributed by atoms with E-state index in [9.17, 15) is 35.1 Å². The van der Waals surface area contributed by atoms with Crippen LogP contribution in [0, 0.1) is 0 Å². The van der Waals surface area contributed by atoms with E-state index >= 15 is 0 Å². The third-order valence-corrected chi connectivity index (χ3v) is 3.97. The van der Waals surface area contributed by atoms with Crippen molar-refractivity contribution in [2.24, 2.45) is 0 Å². The molecule has 0 radical (unpaired) electrons. The Kier molecular flexibility index (Phi) is 4.43. The number of benzene rings is 3. The maximum absolute atomic E-state index is 12.6. The molecular formula is C20H14O7. The van der Waals surface area contributed by atoms with Crippen LogP contribution in [0.25, 0.3) is 0 Å². The highest BCUT2D eigenvalue weighted by Gasteiger charge is 2.22. The van der Waals surface area contributed by atoms with Crippen molar-refractivity contribution in [2.75, 3.05) is 0 Å². The van der Waals surface area contributed by atoms with Gasteiger partial charge in [-0.1, -0.05) is 30.3 Å². The molecule has 3 rings (SSSR count). The van der Waals surface area contributed by atoms with Crippen molar-refractivity contribution in [1.29, 1.82) is 0 Å². The zero-order chi connectivity index (χ0) is 19.7. The molecule has 3 aromatic rings. The van der Waals surface area contributed by atoms with E-state index in [4.69, 9.17) is 0 Å². The lowest BCUT2D eigenvalue weighted by atomic mass is 9.95. The fourth-order valence-corrected chi connectivity index (χ4v) is 2.58. The van der Waals surface area contributed by atoms with Crippen molar-refractivity contribution in [1.82, 2.24) is 0 Å². The molecule has 0 aliphatic carbocycles. The van der Waals surface area contributed by atoms with Gasteiger partial charge in [0.2, 0.25) is 0 Å². The third-order valence-electron chi connectivity index (χ3n) is 3.97. The average Bonchev–Trinajstić information content (AvgIpc) is 2.65. The molecule has 3 aromatic carbocycles. The molecule has 0 fully saturated rings. The minimum atomic E-state index is -0.833. The first-order valence-electron chi connectivity index (χ1n) is 7.75. The second kappa shape index (κ2) is 6.72. The fourth-order valence-electron chi connectivity index (χ4n) is 2.58. The van der Waals surface area contributed by atoms with Gasteiger partial charge in [0, 0.05) is 17.2 Å². The monoisotopic (exact) mass is 366 g/mol. The minimum absolute atomic E-state index is 0.199. The molecule has 0 aliphatic heterocycles. The van der Waals surface area contributed by atoms with Crippen LogP contribution >= 0.6 is 0 Å². The molecule has 0 unspecified atom stereocenters. The fraction of sp³-hybridized carbons (Fsp3) is 0. The molecule has 0 aliphatic rings. The number of aromatic hydroxyl groups is 5. The summed E-state index contributed by atoms with van der Waals surface area (Å²) in [6.07, 6.45) is 0. The lowest BCUT2D eigenvalue weighted by molar-refractivity contribution is 0.103. The molecule has 0 saturated carbocycles.